The van der Waals surface area contributed by atoms with E-state index in [1.54, 1.807) is 12.5 Å². The van der Waals surface area contributed by atoms with Gasteiger partial charge in [0, 0.05) is 18.3 Å². The van der Waals surface area contributed by atoms with Crippen molar-refractivity contribution in [3.8, 4) is 0 Å². The number of aromatic nitrogens is 2. The fourth-order valence-corrected chi connectivity index (χ4v) is 2.32. The highest BCUT2D eigenvalue weighted by Gasteiger charge is 2.30. The van der Waals surface area contributed by atoms with Crippen LogP contribution in [-0.4, -0.2) is 27.2 Å². The third-order valence-corrected chi connectivity index (χ3v) is 3.40. The maximum Gasteiger partial charge on any atom is 0.115 e. The van der Waals surface area contributed by atoms with Crippen LogP contribution in [0.5, 0.6) is 0 Å². The summed E-state index contributed by atoms with van der Waals surface area (Å²) in [5.74, 6) is 0. The van der Waals surface area contributed by atoms with Crippen molar-refractivity contribution in [2.45, 2.75) is 44.2 Å². The van der Waals surface area contributed by atoms with E-state index in [4.69, 9.17) is 0 Å². The molecule has 0 unspecified atom stereocenters. The summed E-state index contributed by atoms with van der Waals surface area (Å²) in [5.41, 5.74) is 0.900. The molecule has 0 aromatic carbocycles. The summed E-state index contributed by atoms with van der Waals surface area (Å²) in [6.45, 7) is 0.932. The van der Waals surface area contributed by atoms with Gasteiger partial charge in [-0.2, -0.15) is 0 Å². The van der Waals surface area contributed by atoms with Gasteiger partial charge in [-0.25, -0.2) is 9.97 Å². The molecular formula is C12H19N3O. The lowest BCUT2D eigenvalue weighted by atomic mass is 9.82. The molecule has 1 fully saturated rings. The summed E-state index contributed by atoms with van der Waals surface area (Å²) < 4.78 is 0. The van der Waals surface area contributed by atoms with Gasteiger partial charge in [-0.05, 0) is 18.9 Å². The van der Waals surface area contributed by atoms with Crippen molar-refractivity contribution >= 4 is 0 Å². The van der Waals surface area contributed by atoms with E-state index in [9.17, 15) is 5.11 Å². The number of aliphatic hydroxyl groups excluding tert-OH is 1. The first-order valence-corrected chi connectivity index (χ1v) is 5.95. The highest BCUT2D eigenvalue weighted by molar-refractivity contribution is 5.00. The van der Waals surface area contributed by atoms with E-state index < -0.39 is 0 Å². The van der Waals surface area contributed by atoms with Gasteiger partial charge in [0.25, 0.3) is 0 Å². The summed E-state index contributed by atoms with van der Waals surface area (Å²) in [7, 11) is 0. The first-order chi connectivity index (χ1) is 7.85. The lowest BCUT2D eigenvalue weighted by Gasteiger charge is -2.36. The molecular weight excluding hydrogens is 202 g/mol. The predicted molar refractivity (Wildman–Crippen MR) is 61.8 cm³/mol. The van der Waals surface area contributed by atoms with Crippen molar-refractivity contribution in [2.24, 2.45) is 0 Å². The normalized spacial score (nSPS) is 19.6. The number of nitrogens with zero attached hydrogens (tertiary/aromatic N) is 2. The number of nitrogens with one attached hydrogen (secondary N) is 1. The summed E-state index contributed by atoms with van der Waals surface area (Å²) in [4.78, 5) is 8.06. The van der Waals surface area contributed by atoms with Crippen LogP contribution in [0.2, 0.25) is 0 Å². The minimum Gasteiger partial charge on any atom is -0.394 e. The molecule has 1 aromatic heterocycles. The zero-order chi connectivity index (χ0) is 11.3. The van der Waals surface area contributed by atoms with Crippen molar-refractivity contribution in [1.82, 2.24) is 15.3 Å². The van der Waals surface area contributed by atoms with Gasteiger partial charge >= 0.3 is 0 Å². The second-order valence-corrected chi connectivity index (χ2v) is 4.55. The standard InChI is InChI=1S/C12H19N3O/c16-9-12(5-2-1-3-6-12)15-8-11-4-7-13-10-14-11/h4,7,10,15-16H,1-3,5-6,8-9H2. The number of hydrogen-bond acceptors (Lipinski definition) is 4. The Labute approximate surface area is 96.1 Å². The fraction of sp³-hybridized carbons (Fsp3) is 0.667. The van der Waals surface area contributed by atoms with Crippen LogP contribution in [0.3, 0.4) is 0 Å². The molecule has 2 rings (SSSR count). The molecule has 0 radical (unpaired) electrons. The second kappa shape index (κ2) is 5.37. The molecule has 0 bridgehead atoms. The maximum atomic E-state index is 9.52. The Bertz CT molecular complexity index is 309. The van der Waals surface area contributed by atoms with E-state index in [0.717, 1.165) is 18.5 Å². The lowest BCUT2D eigenvalue weighted by Crippen LogP contribution is -2.49. The molecule has 1 aromatic rings. The molecule has 1 aliphatic rings. The summed E-state index contributed by atoms with van der Waals surface area (Å²) in [6.07, 6.45) is 9.13. The molecule has 0 aliphatic heterocycles. The molecule has 16 heavy (non-hydrogen) atoms. The van der Waals surface area contributed by atoms with Crippen molar-refractivity contribution in [1.29, 1.82) is 0 Å². The van der Waals surface area contributed by atoms with Gasteiger partial charge in [0.2, 0.25) is 0 Å². The molecule has 1 heterocycles. The summed E-state index contributed by atoms with van der Waals surface area (Å²) >= 11 is 0. The van der Waals surface area contributed by atoms with Crippen molar-refractivity contribution in [2.75, 3.05) is 6.61 Å². The van der Waals surface area contributed by atoms with E-state index >= 15 is 0 Å². The largest absolute Gasteiger partial charge is 0.394 e. The summed E-state index contributed by atoms with van der Waals surface area (Å²) in [5, 5.41) is 13.0. The zero-order valence-corrected chi connectivity index (χ0v) is 9.52. The third-order valence-electron chi connectivity index (χ3n) is 3.40. The van der Waals surface area contributed by atoms with Crippen LogP contribution in [0.1, 0.15) is 37.8 Å². The number of rotatable bonds is 4. The molecule has 0 spiro atoms. The highest BCUT2D eigenvalue weighted by Crippen LogP contribution is 2.27. The molecule has 4 nitrogen and oxygen atoms in total. The quantitative estimate of drug-likeness (QED) is 0.803. The zero-order valence-electron chi connectivity index (χ0n) is 9.52. The van der Waals surface area contributed by atoms with E-state index in [-0.39, 0.29) is 12.1 Å². The van der Waals surface area contributed by atoms with Gasteiger partial charge in [-0.3, -0.25) is 0 Å². The van der Waals surface area contributed by atoms with Crippen LogP contribution in [0.25, 0.3) is 0 Å². The fourth-order valence-electron chi connectivity index (χ4n) is 2.32. The first kappa shape index (κ1) is 11.5. The molecule has 0 atom stereocenters. The van der Waals surface area contributed by atoms with Gasteiger partial charge in [0.05, 0.1) is 12.3 Å². The molecule has 0 amide bonds. The average molecular weight is 221 g/mol. The minimum absolute atomic E-state index is 0.0802. The minimum atomic E-state index is -0.0802. The van der Waals surface area contributed by atoms with E-state index in [2.05, 4.69) is 15.3 Å². The monoisotopic (exact) mass is 221 g/mol. The van der Waals surface area contributed by atoms with Gasteiger partial charge in [0.1, 0.15) is 6.33 Å². The first-order valence-electron chi connectivity index (χ1n) is 5.95. The topological polar surface area (TPSA) is 58.0 Å². The Morgan fingerprint density at radius 1 is 1.31 bits per heavy atom. The Kier molecular flexibility index (Phi) is 3.85. The average Bonchev–Trinajstić information content (AvgIpc) is 2.39. The van der Waals surface area contributed by atoms with Crippen LogP contribution in [0.4, 0.5) is 0 Å². The number of hydrogen-bond donors (Lipinski definition) is 2. The van der Waals surface area contributed by atoms with Crippen molar-refractivity contribution in [3.05, 3.63) is 24.3 Å². The van der Waals surface area contributed by atoms with Crippen LogP contribution in [0.15, 0.2) is 18.6 Å². The van der Waals surface area contributed by atoms with Gasteiger partial charge < -0.3 is 10.4 Å². The van der Waals surface area contributed by atoms with Crippen molar-refractivity contribution < 1.29 is 5.11 Å². The van der Waals surface area contributed by atoms with Gasteiger partial charge in [0.15, 0.2) is 0 Å². The van der Waals surface area contributed by atoms with E-state index in [1.807, 2.05) is 6.07 Å². The highest BCUT2D eigenvalue weighted by atomic mass is 16.3. The Hall–Kier alpha value is -1.00. The third kappa shape index (κ3) is 2.77. The Balaban J connectivity index is 1.92. The maximum absolute atomic E-state index is 9.52. The summed E-state index contributed by atoms with van der Waals surface area (Å²) in [6, 6.07) is 1.90. The van der Waals surface area contributed by atoms with Gasteiger partial charge in [-0.1, -0.05) is 19.3 Å². The van der Waals surface area contributed by atoms with E-state index in [1.165, 1.54) is 19.3 Å². The SMILES string of the molecule is OCC1(NCc2ccncn2)CCCCC1. The number of aliphatic hydroxyl groups is 1. The lowest BCUT2D eigenvalue weighted by molar-refractivity contribution is 0.119. The molecule has 2 N–H and O–H groups in total. The van der Waals surface area contributed by atoms with Crippen LogP contribution in [-0.2, 0) is 6.54 Å². The molecule has 1 aliphatic carbocycles. The molecule has 88 valence electrons. The second-order valence-electron chi connectivity index (χ2n) is 4.55. The smallest absolute Gasteiger partial charge is 0.115 e. The van der Waals surface area contributed by atoms with Gasteiger partial charge in [-0.15, -0.1) is 0 Å². The van der Waals surface area contributed by atoms with Crippen LogP contribution >= 0.6 is 0 Å². The predicted octanol–water partition coefficient (Wildman–Crippen LogP) is 1.26. The molecule has 0 saturated heterocycles. The van der Waals surface area contributed by atoms with E-state index in [0.29, 0.717) is 6.54 Å². The molecule has 4 heteroatoms. The van der Waals surface area contributed by atoms with Crippen LogP contribution in [0, 0.1) is 0 Å². The Morgan fingerprint density at radius 3 is 2.75 bits per heavy atom. The van der Waals surface area contributed by atoms with Crippen LogP contribution < -0.4 is 5.32 Å². The Morgan fingerprint density at radius 2 is 2.12 bits per heavy atom. The molecule has 1 saturated carbocycles. The van der Waals surface area contributed by atoms with Crippen molar-refractivity contribution in [3.63, 3.8) is 0 Å².